The summed E-state index contributed by atoms with van der Waals surface area (Å²) in [5, 5.41) is 0. The number of piperidine rings is 1. The van der Waals surface area contributed by atoms with E-state index in [-0.39, 0.29) is 5.82 Å². The molecule has 2 rings (SSSR count). The lowest BCUT2D eigenvalue weighted by atomic mass is 9.98. The number of aryl methyl sites for hydroxylation is 1. The van der Waals surface area contributed by atoms with Crippen molar-refractivity contribution in [2.24, 2.45) is 5.73 Å². The van der Waals surface area contributed by atoms with Gasteiger partial charge in [0.05, 0.1) is 0 Å². The van der Waals surface area contributed by atoms with Crippen LogP contribution in [-0.2, 0) is 0 Å². The van der Waals surface area contributed by atoms with E-state index < -0.39 is 0 Å². The summed E-state index contributed by atoms with van der Waals surface area (Å²) in [6, 6.07) is 6.15. The minimum absolute atomic E-state index is 0.125. The van der Waals surface area contributed by atoms with Gasteiger partial charge in [-0.3, -0.25) is 0 Å². The van der Waals surface area contributed by atoms with E-state index in [2.05, 4.69) is 11.8 Å². The summed E-state index contributed by atoms with van der Waals surface area (Å²) < 4.78 is 13.5. The minimum Gasteiger partial charge on any atom is -0.369 e. The zero-order valence-electron chi connectivity index (χ0n) is 9.91. The Labute approximate surface area is 96.2 Å². The molecule has 1 saturated heterocycles. The van der Waals surface area contributed by atoms with Crippen molar-refractivity contribution < 1.29 is 4.39 Å². The first-order chi connectivity index (χ1) is 7.58. The minimum atomic E-state index is -0.125. The fourth-order valence-corrected chi connectivity index (χ4v) is 2.35. The molecule has 0 aliphatic carbocycles. The fraction of sp³-hybridized carbons (Fsp3) is 0.538. The van der Waals surface area contributed by atoms with Crippen molar-refractivity contribution >= 4 is 5.69 Å². The smallest absolute Gasteiger partial charge is 0.128 e. The van der Waals surface area contributed by atoms with Gasteiger partial charge in [0.15, 0.2) is 0 Å². The molecule has 1 aliphatic heterocycles. The second-order valence-electron chi connectivity index (χ2n) is 4.76. The van der Waals surface area contributed by atoms with Crippen LogP contribution >= 0.6 is 0 Å². The molecule has 2 nitrogen and oxygen atoms in total. The van der Waals surface area contributed by atoms with Crippen molar-refractivity contribution in [3.05, 3.63) is 29.6 Å². The Morgan fingerprint density at radius 1 is 1.44 bits per heavy atom. The number of anilines is 1. The zero-order valence-corrected chi connectivity index (χ0v) is 9.91. The molecule has 2 atom stereocenters. The third kappa shape index (κ3) is 2.19. The third-order valence-corrected chi connectivity index (χ3v) is 3.40. The molecule has 1 aliphatic rings. The molecule has 88 valence electrons. The SMILES string of the molecule is Cc1ccc(N2CCC(N)CC2C)cc1F. The number of nitrogens with zero attached hydrogens (tertiary/aromatic N) is 1. The predicted octanol–water partition coefficient (Wildman–Crippen LogP) is 2.45. The maximum absolute atomic E-state index is 13.5. The molecular formula is C13H19FN2. The summed E-state index contributed by atoms with van der Waals surface area (Å²) in [6.45, 7) is 4.86. The molecule has 0 spiro atoms. The lowest BCUT2D eigenvalue weighted by Gasteiger charge is -2.38. The molecule has 16 heavy (non-hydrogen) atoms. The Morgan fingerprint density at radius 2 is 2.19 bits per heavy atom. The van der Waals surface area contributed by atoms with Crippen LogP contribution in [-0.4, -0.2) is 18.6 Å². The molecule has 1 fully saturated rings. The number of halogens is 1. The fourth-order valence-electron chi connectivity index (χ4n) is 2.35. The number of hydrogen-bond donors (Lipinski definition) is 1. The van der Waals surface area contributed by atoms with Crippen molar-refractivity contribution in [3.63, 3.8) is 0 Å². The van der Waals surface area contributed by atoms with Crippen LogP contribution in [0.15, 0.2) is 18.2 Å². The van der Waals surface area contributed by atoms with Crippen LogP contribution in [0.4, 0.5) is 10.1 Å². The number of rotatable bonds is 1. The summed E-state index contributed by atoms with van der Waals surface area (Å²) in [6.07, 6.45) is 1.97. The largest absolute Gasteiger partial charge is 0.369 e. The first-order valence-electron chi connectivity index (χ1n) is 5.86. The van der Waals surface area contributed by atoms with E-state index in [1.165, 1.54) is 0 Å². The van der Waals surface area contributed by atoms with E-state index in [1.807, 2.05) is 12.1 Å². The lowest BCUT2D eigenvalue weighted by Crippen LogP contribution is -2.45. The molecule has 1 aromatic rings. The van der Waals surface area contributed by atoms with Gasteiger partial charge in [0.1, 0.15) is 5.82 Å². The Bertz CT molecular complexity index is 378. The van der Waals surface area contributed by atoms with Crippen molar-refractivity contribution in [1.29, 1.82) is 0 Å². The highest BCUT2D eigenvalue weighted by molar-refractivity contribution is 5.49. The lowest BCUT2D eigenvalue weighted by molar-refractivity contribution is 0.429. The highest BCUT2D eigenvalue weighted by Gasteiger charge is 2.23. The first-order valence-corrected chi connectivity index (χ1v) is 5.86. The quantitative estimate of drug-likeness (QED) is 0.791. The van der Waals surface area contributed by atoms with Gasteiger partial charge in [-0.15, -0.1) is 0 Å². The molecule has 0 saturated carbocycles. The monoisotopic (exact) mass is 222 g/mol. The van der Waals surface area contributed by atoms with E-state index in [9.17, 15) is 4.39 Å². The molecule has 1 aromatic carbocycles. The van der Waals surface area contributed by atoms with Gasteiger partial charge in [0.2, 0.25) is 0 Å². The summed E-state index contributed by atoms with van der Waals surface area (Å²) in [5.41, 5.74) is 7.59. The Hall–Kier alpha value is -1.09. The van der Waals surface area contributed by atoms with Gasteiger partial charge < -0.3 is 10.6 Å². The van der Waals surface area contributed by atoms with Crippen molar-refractivity contribution in [3.8, 4) is 0 Å². The van der Waals surface area contributed by atoms with Crippen LogP contribution in [0, 0.1) is 12.7 Å². The summed E-state index contributed by atoms with van der Waals surface area (Å²) >= 11 is 0. The maximum Gasteiger partial charge on any atom is 0.128 e. The molecular weight excluding hydrogens is 203 g/mol. The number of benzene rings is 1. The van der Waals surface area contributed by atoms with Gasteiger partial charge in [-0.1, -0.05) is 6.07 Å². The topological polar surface area (TPSA) is 29.3 Å². The van der Waals surface area contributed by atoms with Crippen molar-refractivity contribution in [2.75, 3.05) is 11.4 Å². The second kappa shape index (κ2) is 4.42. The predicted molar refractivity (Wildman–Crippen MR) is 65.2 cm³/mol. The normalized spacial score (nSPS) is 25.9. The van der Waals surface area contributed by atoms with Gasteiger partial charge in [0.25, 0.3) is 0 Å². The average Bonchev–Trinajstić information content (AvgIpc) is 2.22. The average molecular weight is 222 g/mol. The summed E-state index contributed by atoms with van der Waals surface area (Å²) in [5.74, 6) is -0.125. The zero-order chi connectivity index (χ0) is 11.7. The Balaban J connectivity index is 2.20. The molecule has 0 aromatic heterocycles. The van der Waals surface area contributed by atoms with Crippen LogP contribution in [0.25, 0.3) is 0 Å². The highest BCUT2D eigenvalue weighted by atomic mass is 19.1. The van der Waals surface area contributed by atoms with Gasteiger partial charge in [-0.2, -0.15) is 0 Å². The van der Waals surface area contributed by atoms with E-state index in [0.29, 0.717) is 17.6 Å². The molecule has 2 N–H and O–H groups in total. The molecule has 0 radical (unpaired) electrons. The molecule has 3 heteroatoms. The highest BCUT2D eigenvalue weighted by Crippen LogP contribution is 2.25. The number of nitrogens with two attached hydrogens (primary N) is 1. The molecule has 2 unspecified atom stereocenters. The standard InChI is InChI=1S/C13H19FN2/c1-9-3-4-12(8-13(9)14)16-6-5-11(15)7-10(16)2/h3-4,8,10-11H,5-7,15H2,1-2H3. The molecule has 0 amide bonds. The van der Waals surface area contributed by atoms with Gasteiger partial charge in [-0.05, 0) is 44.4 Å². The van der Waals surface area contributed by atoms with Crippen LogP contribution in [0.2, 0.25) is 0 Å². The van der Waals surface area contributed by atoms with Crippen molar-refractivity contribution in [1.82, 2.24) is 0 Å². The van der Waals surface area contributed by atoms with E-state index in [0.717, 1.165) is 25.1 Å². The van der Waals surface area contributed by atoms with E-state index in [4.69, 9.17) is 5.73 Å². The Morgan fingerprint density at radius 3 is 2.81 bits per heavy atom. The van der Waals surface area contributed by atoms with Crippen LogP contribution < -0.4 is 10.6 Å². The second-order valence-corrected chi connectivity index (χ2v) is 4.76. The van der Waals surface area contributed by atoms with Crippen molar-refractivity contribution in [2.45, 2.75) is 38.8 Å². The summed E-state index contributed by atoms with van der Waals surface area (Å²) in [7, 11) is 0. The first kappa shape index (κ1) is 11.4. The number of hydrogen-bond acceptors (Lipinski definition) is 2. The van der Waals surface area contributed by atoms with E-state index in [1.54, 1.807) is 13.0 Å². The van der Waals surface area contributed by atoms with Crippen LogP contribution in [0.5, 0.6) is 0 Å². The molecule has 0 bridgehead atoms. The van der Waals surface area contributed by atoms with Crippen LogP contribution in [0.1, 0.15) is 25.3 Å². The maximum atomic E-state index is 13.5. The van der Waals surface area contributed by atoms with Gasteiger partial charge in [0, 0.05) is 24.3 Å². The van der Waals surface area contributed by atoms with E-state index >= 15 is 0 Å². The Kier molecular flexibility index (Phi) is 3.15. The molecule has 1 heterocycles. The van der Waals surface area contributed by atoms with Crippen LogP contribution in [0.3, 0.4) is 0 Å². The summed E-state index contributed by atoms with van der Waals surface area (Å²) in [4.78, 5) is 2.24. The van der Waals surface area contributed by atoms with Gasteiger partial charge in [-0.25, -0.2) is 4.39 Å². The third-order valence-electron chi connectivity index (χ3n) is 3.40. The van der Waals surface area contributed by atoms with Gasteiger partial charge >= 0.3 is 0 Å².